The van der Waals surface area contributed by atoms with E-state index < -0.39 is 15.1 Å². The van der Waals surface area contributed by atoms with Crippen LogP contribution >= 0.6 is 0 Å². The van der Waals surface area contributed by atoms with Crippen LogP contribution in [-0.2, 0) is 15.0 Å². The highest BCUT2D eigenvalue weighted by Crippen LogP contribution is 2.39. The molecule has 0 spiro atoms. The van der Waals surface area contributed by atoms with Gasteiger partial charge in [0.05, 0.1) is 34.0 Å². The molecule has 11 heteroatoms. The Labute approximate surface area is 229 Å². The summed E-state index contributed by atoms with van der Waals surface area (Å²) in [6.45, 7) is 4.79. The highest BCUT2D eigenvalue weighted by Gasteiger charge is 2.25. The number of fused-ring (bicyclic) bond motifs is 4. The van der Waals surface area contributed by atoms with Gasteiger partial charge in [0.2, 0.25) is 0 Å². The lowest BCUT2D eigenvalue weighted by Crippen LogP contribution is -2.22. The highest BCUT2D eigenvalue weighted by molar-refractivity contribution is 7.86. The van der Waals surface area contributed by atoms with E-state index in [-0.39, 0.29) is 17.6 Å². The lowest BCUT2D eigenvalue weighted by molar-refractivity contribution is 0.0715. The number of nitriles is 1. The van der Waals surface area contributed by atoms with Crippen molar-refractivity contribution in [2.24, 2.45) is 0 Å². The molecule has 0 amide bonds. The van der Waals surface area contributed by atoms with Crippen LogP contribution in [0.1, 0.15) is 38.3 Å². The Bertz CT molecular complexity index is 2020. The van der Waals surface area contributed by atoms with Crippen LogP contribution in [0.15, 0.2) is 58.5 Å². The molecule has 1 aliphatic heterocycles. The van der Waals surface area contributed by atoms with Crippen LogP contribution in [0.3, 0.4) is 0 Å². The predicted molar refractivity (Wildman–Crippen MR) is 149 cm³/mol. The van der Waals surface area contributed by atoms with E-state index in [2.05, 4.69) is 20.6 Å². The molecule has 1 saturated heterocycles. The number of nitrogens with zero attached hydrogens (tertiary/aromatic N) is 3. The van der Waals surface area contributed by atoms with Crippen molar-refractivity contribution < 1.29 is 21.8 Å². The number of rotatable bonds is 5. The van der Waals surface area contributed by atoms with Gasteiger partial charge in [0.1, 0.15) is 16.3 Å². The molecule has 0 saturated carbocycles. The van der Waals surface area contributed by atoms with Crippen molar-refractivity contribution in [3.8, 4) is 22.9 Å². The summed E-state index contributed by atoms with van der Waals surface area (Å²) in [6.07, 6.45) is 3.54. The molecule has 0 radical (unpaired) electrons. The van der Waals surface area contributed by atoms with Crippen molar-refractivity contribution in [1.82, 2.24) is 14.5 Å². The second-order valence-corrected chi connectivity index (χ2v) is 11.5. The maximum absolute atomic E-state index is 14.1. The van der Waals surface area contributed by atoms with Crippen molar-refractivity contribution in [2.75, 3.05) is 13.2 Å². The van der Waals surface area contributed by atoms with E-state index in [0.29, 0.717) is 81.3 Å². The van der Waals surface area contributed by atoms with Crippen LogP contribution in [0.2, 0.25) is 0 Å². The Kier molecular flexibility index (Phi) is 6.32. The van der Waals surface area contributed by atoms with Gasteiger partial charge in [-0.15, -0.1) is 3.89 Å². The number of hydrogen-bond acceptors (Lipinski definition) is 7. The number of aromatic amines is 1. The molecule has 1 N–H and O–H groups in total. The minimum Gasteiger partial charge on any atom is -0.490 e. The molecule has 9 nitrogen and oxygen atoms in total. The predicted octanol–water partition coefficient (Wildman–Crippen LogP) is 5.37. The molecule has 3 aromatic heterocycles. The zero-order chi connectivity index (χ0) is 28.2. The molecule has 0 bridgehead atoms. The van der Waals surface area contributed by atoms with Gasteiger partial charge in [-0.3, -0.25) is 9.78 Å². The van der Waals surface area contributed by atoms with Gasteiger partial charge in [0.15, 0.2) is 5.43 Å². The standard InChI is InChI=1S/C29H25FN4O5S/c1-16(2)39-26-12-23-25(11-22(26)18-10-20(15-32-14-18)40(30,36)37)34(19-5-7-38-8-6-19)29-27(28(23)35)21-4-3-17(13-31)9-24(21)33-29/h3-4,9-12,14-16,19,33H,5-8H2,1-2H3. The van der Waals surface area contributed by atoms with Gasteiger partial charge < -0.3 is 19.0 Å². The summed E-state index contributed by atoms with van der Waals surface area (Å²) >= 11 is 0. The fourth-order valence-electron chi connectivity index (χ4n) is 5.47. The molecule has 0 aliphatic carbocycles. The van der Waals surface area contributed by atoms with Crippen LogP contribution < -0.4 is 10.2 Å². The SMILES string of the molecule is CC(C)Oc1cc2c(=O)c3c4ccc(C#N)cc4[nH]c3n(C3CCOCC3)c2cc1-c1cncc(S(=O)(=O)F)c1. The Hall–Kier alpha value is -4.27. The van der Waals surface area contributed by atoms with Gasteiger partial charge in [0.25, 0.3) is 0 Å². The van der Waals surface area contributed by atoms with Gasteiger partial charge in [-0.25, -0.2) is 0 Å². The third kappa shape index (κ3) is 4.39. The third-order valence-corrected chi connectivity index (χ3v) is 7.99. The Morgan fingerprint density at radius 2 is 1.93 bits per heavy atom. The van der Waals surface area contributed by atoms with Crippen LogP contribution in [0.25, 0.3) is 44.0 Å². The number of halogens is 1. The molecular weight excluding hydrogens is 535 g/mol. The molecule has 1 aliphatic rings. The number of nitrogens with one attached hydrogen (secondary N) is 1. The summed E-state index contributed by atoms with van der Waals surface area (Å²) in [5.41, 5.74) is 2.97. The monoisotopic (exact) mass is 560 g/mol. The topological polar surface area (TPSA) is 127 Å². The maximum atomic E-state index is 14.1. The summed E-state index contributed by atoms with van der Waals surface area (Å²) in [5.74, 6) is 0.347. The van der Waals surface area contributed by atoms with Gasteiger partial charge in [-0.2, -0.15) is 13.7 Å². The minimum absolute atomic E-state index is 0.0109. The number of H-pyrrole nitrogens is 1. The second-order valence-electron chi connectivity index (χ2n) is 10.1. The van der Waals surface area contributed by atoms with E-state index in [1.54, 1.807) is 30.3 Å². The van der Waals surface area contributed by atoms with E-state index in [4.69, 9.17) is 9.47 Å². The van der Waals surface area contributed by atoms with Crippen LogP contribution in [-0.4, -0.2) is 42.3 Å². The molecule has 204 valence electrons. The van der Waals surface area contributed by atoms with Gasteiger partial charge in [0, 0.05) is 53.7 Å². The second kappa shape index (κ2) is 9.73. The molecule has 40 heavy (non-hydrogen) atoms. The first-order valence-corrected chi connectivity index (χ1v) is 14.3. The van der Waals surface area contributed by atoms with Gasteiger partial charge in [-0.05, 0) is 57.0 Å². The Morgan fingerprint density at radius 3 is 2.62 bits per heavy atom. The summed E-state index contributed by atoms with van der Waals surface area (Å²) in [6, 6.07) is 12.0. The van der Waals surface area contributed by atoms with Crippen molar-refractivity contribution in [3.63, 3.8) is 0 Å². The fourth-order valence-corrected chi connectivity index (χ4v) is 5.92. The normalized spacial score (nSPS) is 14.8. The van der Waals surface area contributed by atoms with Crippen LogP contribution in [0.5, 0.6) is 5.75 Å². The Balaban J connectivity index is 1.75. The first kappa shape index (κ1) is 26.0. The quantitative estimate of drug-likeness (QED) is 0.287. The molecule has 0 atom stereocenters. The van der Waals surface area contributed by atoms with Gasteiger partial charge >= 0.3 is 10.2 Å². The fraction of sp³-hybridized carbons (Fsp3) is 0.276. The highest BCUT2D eigenvalue weighted by atomic mass is 32.3. The molecule has 0 unspecified atom stereocenters. The number of aromatic nitrogens is 3. The Morgan fingerprint density at radius 1 is 1.15 bits per heavy atom. The molecule has 1 fully saturated rings. The average Bonchev–Trinajstić information content (AvgIpc) is 3.31. The van der Waals surface area contributed by atoms with Crippen molar-refractivity contribution in [2.45, 2.75) is 43.7 Å². The summed E-state index contributed by atoms with van der Waals surface area (Å²) in [5, 5.41) is 11.1. The van der Waals surface area contributed by atoms with E-state index in [9.17, 15) is 22.4 Å². The van der Waals surface area contributed by atoms with E-state index >= 15 is 0 Å². The summed E-state index contributed by atoms with van der Waals surface area (Å²) < 4.78 is 51.0. The third-order valence-electron chi connectivity index (χ3n) is 7.20. The number of pyridine rings is 2. The maximum Gasteiger partial charge on any atom is 0.333 e. The molecule has 2 aromatic carbocycles. The number of hydrogen-bond donors (Lipinski definition) is 1. The smallest absolute Gasteiger partial charge is 0.333 e. The molecular formula is C29H25FN4O5S. The first-order valence-electron chi connectivity index (χ1n) is 12.9. The van der Waals surface area contributed by atoms with Gasteiger partial charge in [-0.1, -0.05) is 6.07 Å². The molecule has 5 aromatic rings. The average molecular weight is 561 g/mol. The lowest BCUT2D eigenvalue weighted by atomic mass is 10.00. The lowest BCUT2D eigenvalue weighted by Gasteiger charge is -2.28. The van der Waals surface area contributed by atoms with Crippen LogP contribution in [0, 0.1) is 11.3 Å². The summed E-state index contributed by atoms with van der Waals surface area (Å²) in [4.78, 5) is 20.9. The van der Waals surface area contributed by atoms with E-state index in [1.165, 1.54) is 12.3 Å². The number of benzene rings is 2. The zero-order valence-corrected chi connectivity index (χ0v) is 22.6. The van der Waals surface area contributed by atoms with Crippen LogP contribution in [0.4, 0.5) is 3.89 Å². The number of ether oxygens (including phenoxy) is 2. The van der Waals surface area contributed by atoms with Crippen molar-refractivity contribution >= 4 is 43.1 Å². The van der Waals surface area contributed by atoms with E-state index in [1.807, 2.05) is 13.8 Å². The molecule has 6 rings (SSSR count). The zero-order valence-electron chi connectivity index (χ0n) is 21.8. The molecule has 4 heterocycles. The summed E-state index contributed by atoms with van der Waals surface area (Å²) in [7, 11) is -4.99. The van der Waals surface area contributed by atoms with Crippen molar-refractivity contribution in [1.29, 1.82) is 5.26 Å². The first-order chi connectivity index (χ1) is 19.2. The van der Waals surface area contributed by atoms with E-state index in [0.717, 1.165) is 6.20 Å². The largest absolute Gasteiger partial charge is 0.490 e. The minimum atomic E-state index is -4.99. The van der Waals surface area contributed by atoms with Crippen molar-refractivity contribution in [3.05, 3.63) is 64.6 Å².